The van der Waals surface area contributed by atoms with Crippen molar-refractivity contribution < 1.29 is 38.2 Å². The first-order chi connectivity index (χ1) is 19.1. The summed E-state index contributed by atoms with van der Waals surface area (Å²) in [7, 11) is 3.95. The molecule has 220 valence electrons. The molecule has 0 aromatic heterocycles. The van der Waals surface area contributed by atoms with E-state index >= 15 is 0 Å². The zero-order valence-electron chi connectivity index (χ0n) is 23.8. The van der Waals surface area contributed by atoms with Crippen molar-refractivity contribution in [1.29, 1.82) is 0 Å². The van der Waals surface area contributed by atoms with Gasteiger partial charge < -0.3 is 19.7 Å². The van der Waals surface area contributed by atoms with E-state index in [-0.39, 0.29) is 11.1 Å². The number of hydrogen-bond acceptors (Lipinski definition) is 9. The number of carbonyl (C=O) groups excluding carboxylic acids is 6. The third-order valence-electron chi connectivity index (χ3n) is 5.51. The molecule has 2 atom stereocenters. The number of benzene rings is 2. The van der Waals surface area contributed by atoms with E-state index in [1.54, 1.807) is 39.0 Å². The van der Waals surface area contributed by atoms with Crippen molar-refractivity contribution in [1.82, 2.24) is 20.2 Å². The molecule has 2 aromatic carbocycles. The number of esters is 1. The monoisotopic (exact) mass is 588 g/mol. The van der Waals surface area contributed by atoms with Crippen LogP contribution >= 0.6 is 11.6 Å². The number of hydrazine groups is 1. The topological polar surface area (TPSA) is 143 Å². The Labute approximate surface area is 243 Å². The van der Waals surface area contributed by atoms with Crippen LogP contribution in [0.25, 0.3) is 0 Å². The second kappa shape index (κ2) is 13.9. The highest BCUT2D eigenvalue weighted by Crippen LogP contribution is 2.24. The first-order valence-electron chi connectivity index (χ1n) is 12.4. The smallest absolute Gasteiger partial charge is 0.414 e. The molecule has 2 unspecified atom stereocenters. The van der Waals surface area contributed by atoms with Gasteiger partial charge in [0, 0.05) is 30.2 Å². The lowest BCUT2D eigenvalue weighted by Gasteiger charge is -2.41. The molecule has 2 rings (SSSR count). The molecule has 12 nitrogen and oxygen atoms in total. The van der Waals surface area contributed by atoms with Crippen LogP contribution in [-0.4, -0.2) is 89.5 Å². The Kier molecular flexibility index (Phi) is 11.1. The van der Waals surface area contributed by atoms with Crippen molar-refractivity contribution in [3.05, 3.63) is 70.7 Å². The van der Waals surface area contributed by atoms with Crippen molar-refractivity contribution >= 4 is 47.2 Å². The first kappa shape index (κ1) is 32.9. The number of ketones is 1. The number of amides is 4. The third kappa shape index (κ3) is 8.35. The minimum absolute atomic E-state index is 0.0410. The van der Waals surface area contributed by atoms with Gasteiger partial charge in [-0.1, -0.05) is 29.8 Å². The number of halogens is 1. The van der Waals surface area contributed by atoms with E-state index in [0.717, 1.165) is 16.8 Å². The van der Waals surface area contributed by atoms with Crippen LogP contribution in [0.15, 0.2) is 54.6 Å². The number of hydrogen-bond donors (Lipinski definition) is 1. The van der Waals surface area contributed by atoms with Gasteiger partial charge in [0.05, 0.1) is 5.54 Å². The number of rotatable bonds is 8. The van der Waals surface area contributed by atoms with Crippen molar-refractivity contribution in [3.63, 3.8) is 0 Å². The van der Waals surface area contributed by atoms with Crippen LogP contribution in [0.4, 0.5) is 4.79 Å². The van der Waals surface area contributed by atoms with E-state index in [4.69, 9.17) is 21.1 Å². The van der Waals surface area contributed by atoms with Crippen LogP contribution in [0, 0.1) is 0 Å². The van der Waals surface area contributed by atoms with Gasteiger partial charge in [-0.2, -0.15) is 0 Å². The fraction of sp³-hybridized carbons (Fsp3) is 0.357. The van der Waals surface area contributed by atoms with Gasteiger partial charge in [0.15, 0.2) is 11.8 Å². The van der Waals surface area contributed by atoms with Crippen LogP contribution in [-0.2, 0) is 23.9 Å². The third-order valence-corrected chi connectivity index (χ3v) is 5.76. The Morgan fingerprint density at radius 1 is 0.829 bits per heavy atom. The molecular formula is C28H33ClN4O8. The predicted molar refractivity (Wildman–Crippen MR) is 149 cm³/mol. The van der Waals surface area contributed by atoms with Gasteiger partial charge in [-0.3, -0.25) is 19.2 Å². The molecule has 41 heavy (non-hydrogen) atoms. The fourth-order valence-electron chi connectivity index (χ4n) is 3.51. The summed E-state index contributed by atoms with van der Waals surface area (Å²) in [6, 6.07) is 12.0. The predicted octanol–water partition coefficient (Wildman–Crippen LogP) is 2.91. The zero-order chi connectivity index (χ0) is 31.1. The van der Waals surface area contributed by atoms with E-state index in [1.165, 1.54) is 57.5 Å². The van der Waals surface area contributed by atoms with Crippen LogP contribution < -0.4 is 5.32 Å². The molecule has 0 aliphatic rings. The number of nitrogens with one attached hydrogen (secondary N) is 1. The zero-order valence-corrected chi connectivity index (χ0v) is 24.6. The SMILES string of the molecule is CNC(C(C)=O)C(=O)OC(OC(=O)N(C(=O)c1ccc(Cl)cc1)N(C(=O)c1ccccc1)C(C)(C)C)C(=O)N(C)C. The summed E-state index contributed by atoms with van der Waals surface area (Å²) in [6.45, 7) is 5.86. The summed E-state index contributed by atoms with van der Waals surface area (Å²) in [5, 5.41) is 4.08. The Hall–Kier alpha value is -4.29. The summed E-state index contributed by atoms with van der Waals surface area (Å²) in [4.78, 5) is 79.7. The number of nitrogens with zero attached hydrogens (tertiary/aromatic N) is 3. The van der Waals surface area contributed by atoms with Gasteiger partial charge in [0.2, 0.25) is 0 Å². The normalized spacial score (nSPS) is 12.4. The summed E-state index contributed by atoms with van der Waals surface area (Å²) >= 11 is 5.96. The summed E-state index contributed by atoms with van der Waals surface area (Å²) in [6.07, 6.45) is -3.70. The number of ether oxygens (including phenoxy) is 2. The molecular weight excluding hydrogens is 556 g/mol. The Bertz CT molecular complexity index is 1290. The minimum atomic E-state index is -2.20. The van der Waals surface area contributed by atoms with E-state index < -0.39 is 53.4 Å². The highest BCUT2D eigenvalue weighted by molar-refractivity contribution is 6.30. The molecule has 0 spiro atoms. The number of imide groups is 1. The summed E-state index contributed by atoms with van der Waals surface area (Å²) < 4.78 is 10.4. The number of Topliss-reactive ketones (excluding diaryl/α,β-unsaturated/α-hetero) is 1. The Morgan fingerprint density at radius 3 is 1.83 bits per heavy atom. The van der Waals surface area contributed by atoms with Crippen LogP contribution in [0.1, 0.15) is 48.4 Å². The average Bonchev–Trinajstić information content (AvgIpc) is 2.90. The first-order valence-corrected chi connectivity index (χ1v) is 12.8. The van der Waals surface area contributed by atoms with Gasteiger partial charge >= 0.3 is 24.3 Å². The lowest BCUT2D eigenvalue weighted by atomic mass is 10.1. The molecule has 4 amide bonds. The van der Waals surface area contributed by atoms with Gasteiger partial charge in [0.25, 0.3) is 11.8 Å². The highest BCUT2D eigenvalue weighted by atomic mass is 35.5. The van der Waals surface area contributed by atoms with Gasteiger partial charge in [-0.05, 0) is 71.1 Å². The molecule has 0 heterocycles. The molecule has 0 fully saturated rings. The largest absolute Gasteiger partial charge is 0.440 e. The quantitative estimate of drug-likeness (QED) is 0.213. The molecule has 13 heteroatoms. The second-order valence-corrected chi connectivity index (χ2v) is 10.4. The maximum atomic E-state index is 13.8. The fourth-order valence-corrected chi connectivity index (χ4v) is 3.63. The Morgan fingerprint density at radius 2 is 1.37 bits per heavy atom. The molecule has 0 saturated carbocycles. The molecule has 0 aliphatic carbocycles. The van der Waals surface area contributed by atoms with Crippen molar-refractivity contribution in [2.24, 2.45) is 0 Å². The molecule has 0 aliphatic heterocycles. The second-order valence-electron chi connectivity index (χ2n) is 10.00. The highest BCUT2D eigenvalue weighted by Gasteiger charge is 2.43. The average molecular weight is 589 g/mol. The summed E-state index contributed by atoms with van der Waals surface area (Å²) in [5.41, 5.74) is -1.09. The molecule has 2 aromatic rings. The lowest BCUT2D eigenvalue weighted by molar-refractivity contribution is -0.185. The van der Waals surface area contributed by atoms with Crippen molar-refractivity contribution in [3.8, 4) is 0 Å². The van der Waals surface area contributed by atoms with Crippen LogP contribution in [0.3, 0.4) is 0 Å². The number of likely N-dealkylation sites (N-methyl/N-ethyl adjacent to an activating group) is 2. The van der Waals surface area contributed by atoms with Gasteiger partial charge in [-0.15, -0.1) is 5.01 Å². The maximum Gasteiger partial charge on any atom is 0.440 e. The van der Waals surface area contributed by atoms with Crippen molar-refractivity contribution in [2.45, 2.75) is 45.6 Å². The van der Waals surface area contributed by atoms with Gasteiger partial charge in [-0.25, -0.2) is 14.6 Å². The van der Waals surface area contributed by atoms with E-state index in [1.807, 2.05) is 0 Å². The number of carbonyl (C=O) groups is 6. The van der Waals surface area contributed by atoms with Crippen molar-refractivity contribution in [2.75, 3.05) is 21.1 Å². The van der Waals surface area contributed by atoms with Gasteiger partial charge in [0.1, 0.15) is 0 Å². The summed E-state index contributed by atoms with van der Waals surface area (Å²) in [5.74, 6) is -4.54. The van der Waals surface area contributed by atoms with E-state index in [0.29, 0.717) is 10.0 Å². The van der Waals surface area contributed by atoms with Crippen LogP contribution in [0.5, 0.6) is 0 Å². The Balaban J connectivity index is 2.63. The van der Waals surface area contributed by atoms with E-state index in [9.17, 15) is 28.8 Å². The van der Waals surface area contributed by atoms with E-state index in [2.05, 4.69) is 5.32 Å². The molecule has 0 radical (unpaired) electrons. The molecule has 0 saturated heterocycles. The molecule has 1 N–H and O–H groups in total. The van der Waals surface area contributed by atoms with Crippen LogP contribution in [0.2, 0.25) is 5.02 Å². The lowest BCUT2D eigenvalue weighted by Crippen LogP contribution is -2.61. The molecule has 0 bridgehead atoms. The minimum Gasteiger partial charge on any atom is -0.414 e. The maximum absolute atomic E-state index is 13.8. The standard InChI is InChI=1S/C28H33ClN4O8/c1-17(34)21(30-5)25(38)40-26(24(37)31(6)7)41-27(39)32(22(35)19-13-15-20(29)16-14-19)33(28(2,3)4)23(36)18-11-9-8-10-12-18/h8-16,21,26,30H,1-7H3.